The van der Waals surface area contributed by atoms with Crippen molar-refractivity contribution in [2.45, 2.75) is 78.1 Å². The maximum atomic E-state index is 6.09. The predicted molar refractivity (Wildman–Crippen MR) is 349 cm³/mol. The van der Waals surface area contributed by atoms with E-state index in [0.717, 1.165) is 185 Å². The summed E-state index contributed by atoms with van der Waals surface area (Å²) in [4.78, 5) is 9.38. The van der Waals surface area contributed by atoms with Gasteiger partial charge in [0.2, 0.25) is 0 Å². The van der Waals surface area contributed by atoms with Crippen LogP contribution in [0, 0.1) is 10.8 Å². The van der Waals surface area contributed by atoms with Crippen LogP contribution in [0.1, 0.15) is 76.3 Å². The summed E-state index contributed by atoms with van der Waals surface area (Å²) in [6.07, 6.45) is 11.1. The molecular formula is C76H82N4O4. The number of ether oxygens (including phenoxy) is 4. The van der Waals surface area contributed by atoms with Gasteiger partial charge in [-0.2, -0.15) is 0 Å². The number of aryl methyl sites for hydroxylation is 2. The highest BCUT2D eigenvalue weighted by molar-refractivity contribution is 5.85. The lowest BCUT2D eigenvalue weighted by atomic mass is 9.84. The molecule has 0 spiro atoms. The third kappa shape index (κ3) is 14.3. The van der Waals surface area contributed by atoms with Gasteiger partial charge in [-0.3, -0.25) is 0 Å². The van der Waals surface area contributed by atoms with Gasteiger partial charge in [0.15, 0.2) is 0 Å². The zero-order valence-electron chi connectivity index (χ0n) is 49.2. The van der Waals surface area contributed by atoms with E-state index in [1.165, 1.54) is 11.1 Å². The molecule has 2 saturated heterocycles. The van der Waals surface area contributed by atoms with Crippen LogP contribution in [0.2, 0.25) is 0 Å². The molecule has 0 bridgehead atoms. The molecule has 8 heteroatoms. The number of benzene rings is 9. The summed E-state index contributed by atoms with van der Waals surface area (Å²) < 4.78 is 23.1. The number of nitrogens with zero attached hydrogens (tertiary/aromatic N) is 4. The first kappa shape index (κ1) is 57.8. The van der Waals surface area contributed by atoms with Gasteiger partial charge < -0.3 is 38.5 Å². The Bertz CT molecular complexity index is 3140. The fourth-order valence-electron chi connectivity index (χ4n) is 11.5. The van der Waals surface area contributed by atoms with E-state index in [-0.39, 0.29) is 10.8 Å². The summed E-state index contributed by atoms with van der Waals surface area (Å²) in [5, 5.41) is 0. The Labute approximate surface area is 499 Å². The highest BCUT2D eigenvalue weighted by Gasteiger charge is 2.37. The van der Waals surface area contributed by atoms with Crippen LogP contribution in [-0.4, -0.2) is 52.9 Å². The SMILES string of the molecule is CCC1(COCCCCCc2ccc(N(c3ccccc3)c3ccc(N(c4ccc(N(c5ccccc5)c5ccccc5)cc4)c4ccc(N(c5ccccc5)c5ccc(CCCCCOCC6(CC)COC6)cc5)cc4)cc3)cc2)COC1. The van der Waals surface area contributed by atoms with Gasteiger partial charge in [0.25, 0.3) is 0 Å². The van der Waals surface area contributed by atoms with Gasteiger partial charge in [-0.05, 0) is 208 Å². The van der Waals surface area contributed by atoms with Crippen LogP contribution in [0.3, 0.4) is 0 Å². The molecule has 2 aliphatic heterocycles. The molecule has 0 amide bonds. The van der Waals surface area contributed by atoms with Crippen molar-refractivity contribution in [2.75, 3.05) is 72.5 Å². The van der Waals surface area contributed by atoms with Gasteiger partial charge in [0, 0.05) is 92.3 Å². The molecular weight excluding hydrogens is 1030 g/mol. The van der Waals surface area contributed by atoms with Crippen molar-refractivity contribution in [1.82, 2.24) is 0 Å². The van der Waals surface area contributed by atoms with Gasteiger partial charge in [-0.25, -0.2) is 0 Å². The second-order valence-corrected chi connectivity index (χ2v) is 23.0. The summed E-state index contributed by atoms with van der Waals surface area (Å²) in [6.45, 7) is 11.1. The second-order valence-electron chi connectivity index (χ2n) is 23.0. The first-order chi connectivity index (χ1) is 41.5. The molecule has 0 radical (unpaired) electrons. The summed E-state index contributed by atoms with van der Waals surface area (Å²) in [5.74, 6) is 0. The van der Waals surface area contributed by atoms with Crippen LogP contribution in [0.25, 0.3) is 0 Å². The average molecular weight is 1120 g/mol. The molecule has 11 rings (SSSR count). The van der Waals surface area contributed by atoms with Gasteiger partial charge in [-0.15, -0.1) is 0 Å². The van der Waals surface area contributed by atoms with Crippen molar-refractivity contribution < 1.29 is 18.9 Å². The number of hydrogen-bond acceptors (Lipinski definition) is 8. The molecule has 8 nitrogen and oxygen atoms in total. The highest BCUT2D eigenvalue weighted by atomic mass is 16.5. The van der Waals surface area contributed by atoms with Crippen LogP contribution in [-0.2, 0) is 31.8 Å². The number of hydrogen-bond donors (Lipinski definition) is 0. The molecule has 0 N–H and O–H groups in total. The van der Waals surface area contributed by atoms with E-state index in [2.05, 4.69) is 276 Å². The molecule has 0 aromatic heterocycles. The van der Waals surface area contributed by atoms with Crippen molar-refractivity contribution in [1.29, 1.82) is 0 Å². The topological polar surface area (TPSA) is 49.9 Å². The quantitative estimate of drug-likeness (QED) is 0.0413. The molecule has 2 heterocycles. The lowest BCUT2D eigenvalue weighted by Crippen LogP contribution is -2.45. The van der Waals surface area contributed by atoms with Crippen LogP contribution in [0.15, 0.2) is 243 Å². The molecule has 9 aromatic rings. The maximum Gasteiger partial charge on any atom is 0.0566 e. The van der Waals surface area contributed by atoms with Crippen molar-refractivity contribution in [2.24, 2.45) is 10.8 Å². The standard InChI is InChI=1S/C76H82N4O4/c1-3-75(57-83-58-75)55-81-53-21-9-11-23-61-33-37-67(38-34-61)78(65-29-17-7-18-30-65)70-43-49-73(50-44-70)80(72-47-41-69(42-48-72)77(63-25-13-5-14-26-63)64-27-15-6-16-28-64)74-51-45-71(46-52-74)79(66-31-19-8-20-32-66)68-39-35-62(36-40-68)24-12-10-22-54-82-56-76(4-2)59-84-60-76/h5-8,13-20,25-52H,3-4,9-12,21-24,53-60H2,1-2H3. The van der Waals surface area contributed by atoms with Gasteiger partial charge in [-0.1, -0.05) is 124 Å². The van der Waals surface area contributed by atoms with Crippen LogP contribution < -0.4 is 19.6 Å². The zero-order valence-corrected chi connectivity index (χ0v) is 49.2. The monoisotopic (exact) mass is 1110 g/mol. The van der Waals surface area contributed by atoms with E-state index in [0.29, 0.717) is 0 Å². The largest absolute Gasteiger partial charge is 0.381 e. The van der Waals surface area contributed by atoms with Crippen LogP contribution in [0.5, 0.6) is 0 Å². The predicted octanol–water partition coefficient (Wildman–Crippen LogP) is 19.9. The lowest BCUT2D eigenvalue weighted by Gasteiger charge is -2.40. The van der Waals surface area contributed by atoms with Gasteiger partial charge in [0.1, 0.15) is 0 Å². The van der Waals surface area contributed by atoms with E-state index in [1.54, 1.807) is 0 Å². The minimum Gasteiger partial charge on any atom is -0.381 e. The number of unbranched alkanes of at least 4 members (excludes halogenated alkanes) is 4. The van der Waals surface area contributed by atoms with E-state index in [4.69, 9.17) is 18.9 Å². The number of anilines is 12. The molecule has 84 heavy (non-hydrogen) atoms. The summed E-state index contributed by atoms with van der Waals surface area (Å²) >= 11 is 0. The first-order valence-corrected chi connectivity index (χ1v) is 30.7. The van der Waals surface area contributed by atoms with E-state index < -0.39 is 0 Å². The minimum atomic E-state index is 0.247. The zero-order chi connectivity index (χ0) is 57.2. The first-order valence-electron chi connectivity index (χ1n) is 30.7. The minimum absolute atomic E-state index is 0.247. The average Bonchev–Trinajstić information content (AvgIpc) is 3.62. The van der Waals surface area contributed by atoms with Gasteiger partial charge in [0.05, 0.1) is 39.6 Å². The summed E-state index contributed by atoms with van der Waals surface area (Å²) in [6, 6.07) is 87.9. The van der Waals surface area contributed by atoms with Crippen LogP contribution in [0.4, 0.5) is 68.2 Å². The molecule has 0 saturated carbocycles. The maximum absolute atomic E-state index is 6.09. The number of para-hydroxylation sites is 4. The van der Waals surface area contributed by atoms with Crippen molar-refractivity contribution >= 4 is 68.2 Å². The molecule has 430 valence electrons. The van der Waals surface area contributed by atoms with Crippen LogP contribution >= 0.6 is 0 Å². The second kappa shape index (κ2) is 28.5. The fourth-order valence-corrected chi connectivity index (χ4v) is 11.5. The Hall–Kier alpha value is -7.98. The lowest BCUT2D eigenvalue weighted by molar-refractivity contribution is -0.150. The molecule has 2 fully saturated rings. The normalized spacial score (nSPS) is 14.0. The molecule has 2 aliphatic rings. The van der Waals surface area contributed by atoms with Gasteiger partial charge >= 0.3 is 0 Å². The molecule has 0 unspecified atom stereocenters. The Morgan fingerprint density at radius 2 is 0.512 bits per heavy atom. The van der Waals surface area contributed by atoms with E-state index >= 15 is 0 Å². The van der Waals surface area contributed by atoms with E-state index in [9.17, 15) is 0 Å². The molecule has 0 atom stereocenters. The fraction of sp³-hybridized carbons (Fsp3) is 0.289. The molecule has 9 aromatic carbocycles. The Morgan fingerprint density at radius 1 is 0.286 bits per heavy atom. The summed E-state index contributed by atoms with van der Waals surface area (Å²) in [5.41, 5.74) is 16.2. The smallest absolute Gasteiger partial charge is 0.0566 e. The molecule has 0 aliphatic carbocycles. The van der Waals surface area contributed by atoms with Crippen molar-refractivity contribution in [3.05, 3.63) is 254 Å². The summed E-state index contributed by atoms with van der Waals surface area (Å²) in [7, 11) is 0. The van der Waals surface area contributed by atoms with E-state index in [1.807, 2.05) is 0 Å². The Morgan fingerprint density at radius 3 is 0.726 bits per heavy atom. The Kier molecular flexibility index (Phi) is 19.6. The highest BCUT2D eigenvalue weighted by Crippen LogP contribution is 2.43. The number of rotatable bonds is 30. The third-order valence-corrected chi connectivity index (χ3v) is 17.0. The van der Waals surface area contributed by atoms with Crippen molar-refractivity contribution in [3.63, 3.8) is 0 Å². The Balaban J connectivity index is 0.840. The van der Waals surface area contributed by atoms with Crippen molar-refractivity contribution in [3.8, 4) is 0 Å². The third-order valence-electron chi connectivity index (χ3n) is 17.0.